The van der Waals surface area contributed by atoms with Gasteiger partial charge < -0.3 is 9.84 Å². The van der Waals surface area contributed by atoms with Crippen LogP contribution in [0.25, 0.3) is 0 Å². The van der Waals surface area contributed by atoms with E-state index >= 15 is 0 Å². The zero-order valence-corrected chi connectivity index (χ0v) is 9.94. The smallest absolute Gasteiger partial charge is 0.308 e. The summed E-state index contributed by atoms with van der Waals surface area (Å²) in [4.78, 5) is 10.8. The predicted octanol–water partition coefficient (Wildman–Crippen LogP) is 2.27. The molecule has 0 unspecified atom stereocenters. The summed E-state index contributed by atoms with van der Waals surface area (Å²) in [6.07, 6.45) is 0.958. The standard InChI is InChI=1S/C9H16Cl2O3/c1-3-4-5-9(10,11)7(12)6-8(13)14-2/h7,12H,3-6H2,1-2H3/t7-/m1/s1. The Balaban J connectivity index is 4.06. The number of alkyl halides is 2. The lowest BCUT2D eigenvalue weighted by atomic mass is 10.1. The van der Waals surface area contributed by atoms with Gasteiger partial charge in [0.2, 0.25) is 0 Å². The van der Waals surface area contributed by atoms with E-state index in [1.54, 1.807) is 0 Å². The Kier molecular flexibility index (Phi) is 6.49. The normalized spacial score (nSPS) is 13.8. The van der Waals surface area contributed by atoms with Crippen LogP contribution in [0.4, 0.5) is 0 Å². The van der Waals surface area contributed by atoms with Crippen molar-refractivity contribution >= 4 is 29.2 Å². The molecule has 84 valence electrons. The molecule has 0 aromatic heterocycles. The first-order valence-corrected chi connectivity index (χ1v) is 5.32. The van der Waals surface area contributed by atoms with Crippen LogP contribution < -0.4 is 0 Å². The van der Waals surface area contributed by atoms with E-state index in [9.17, 15) is 9.90 Å². The number of halogens is 2. The Hall–Kier alpha value is 0.01000. The molecule has 0 aliphatic rings. The maximum absolute atomic E-state index is 10.8. The number of methoxy groups -OCH3 is 1. The van der Waals surface area contributed by atoms with Gasteiger partial charge in [-0.2, -0.15) is 0 Å². The highest BCUT2D eigenvalue weighted by Crippen LogP contribution is 2.33. The number of unbranched alkanes of at least 4 members (excludes halogenated alkanes) is 1. The summed E-state index contributed by atoms with van der Waals surface area (Å²) in [5, 5.41) is 9.54. The monoisotopic (exact) mass is 242 g/mol. The van der Waals surface area contributed by atoms with E-state index in [0.717, 1.165) is 12.8 Å². The molecule has 0 saturated carbocycles. The van der Waals surface area contributed by atoms with Crippen molar-refractivity contribution in [2.24, 2.45) is 0 Å². The molecular formula is C9H16Cl2O3. The SMILES string of the molecule is CCCCC(Cl)(Cl)[C@H](O)CC(=O)OC. The molecule has 14 heavy (non-hydrogen) atoms. The number of hydrogen-bond donors (Lipinski definition) is 1. The number of carbonyl (C=O) groups excluding carboxylic acids is 1. The summed E-state index contributed by atoms with van der Waals surface area (Å²) < 4.78 is 3.14. The zero-order chi connectivity index (χ0) is 11.2. The van der Waals surface area contributed by atoms with E-state index in [2.05, 4.69) is 4.74 Å². The summed E-state index contributed by atoms with van der Waals surface area (Å²) in [5.74, 6) is -0.514. The molecule has 1 atom stereocenters. The van der Waals surface area contributed by atoms with Crippen LogP contribution in [0, 0.1) is 0 Å². The molecule has 0 amide bonds. The maximum Gasteiger partial charge on any atom is 0.308 e. The van der Waals surface area contributed by atoms with Crippen LogP contribution in [-0.2, 0) is 9.53 Å². The van der Waals surface area contributed by atoms with Crippen molar-refractivity contribution < 1.29 is 14.6 Å². The first-order valence-electron chi connectivity index (χ1n) is 4.56. The second-order valence-electron chi connectivity index (χ2n) is 3.16. The van der Waals surface area contributed by atoms with Crippen LogP contribution in [-0.4, -0.2) is 28.6 Å². The minimum absolute atomic E-state index is 0.173. The third kappa shape index (κ3) is 5.03. The van der Waals surface area contributed by atoms with Gasteiger partial charge in [0, 0.05) is 0 Å². The molecule has 0 rings (SSSR count). The Labute approximate surface area is 94.3 Å². The minimum atomic E-state index is -1.26. The first-order chi connectivity index (χ1) is 6.44. The molecule has 0 aliphatic heterocycles. The quantitative estimate of drug-likeness (QED) is 0.575. The average molecular weight is 243 g/mol. The Morgan fingerprint density at radius 2 is 2.14 bits per heavy atom. The third-order valence-electron chi connectivity index (χ3n) is 1.94. The highest BCUT2D eigenvalue weighted by molar-refractivity contribution is 6.48. The molecule has 0 aromatic carbocycles. The Bertz CT molecular complexity index is 183. The molecule has 3 nitrogen and oxygen atoms in total. The van der Waals surface area contributed by atoms with Gasteiger partial charge >= 0.3 is 5.97 Å². The van der Waals surface area contributed by atoms with Gasteiger partial charge in [0.05, 0.1) is 19.6 Å². The molecule has 1 N–H and O–H groups in total. The van der Waals surface area contributed by atoms with Crippen LogP contribution in [0.2, 0.25) is 0 Å². The topological polar surface area (TPSA) is 46.5 Å². The second kappa shape index (κ2) is 6.49. The van der Waals surface area contributed by atoms with E-state index in [0.29, 0.717) is 6.42 Å². The molecular weight excluding hydrogens is 227 g/mol. The number of aliphatic hydroxyl groups excluding tert-OH is 1. The van der Waals surface area contributed by atoms with Crippen LogP contribution in [0.1, 0.15) is 32.6 Å². The fourth-order valence-electron chi connectivity index (χ4n) is 0.970. The van der Waals surface area contributed by atoms with Gasteiger partial charge in [-0.15, -0.1) is 0 Å². The van der Waals surface area contributed by atoms with Gasteiger partial charge in [0.1, 0.15) is 4.33 Å². The van der Waals surface area contributed by atoms with Gasteiger partial charge in [0.15, 0.2) is 0 Å². The lowest BCUT2D eigenvalue weighted by Crippen LogP contribution is -2.33. The molecule has 5 heteroatoms. The largest absolute Gasteiger partial charge is 0.469 e. The van der Waals surface area contributed by atoms with Crippen molar-refractivity contribution in [3.63, 3.8) is 0 Å². The minimum Gasteiger partial charge on any atom is -0.469 e. The van der Waals surface area contributed by atoms with E-state index in [1.165, 1.54) is 7.11 Å². The average Bonchev–Trinajstić information content (AvgIpc) is 2.14. The van der Waals surface area contributed by atoms with Gasteiger partial charge in [0.25, 0.3) is 0 Å². The van der Waals surface area contributed by atoms with Crippen LogP contribution in [0.15, 0.2) is 0 Å². The van der Waals surface area contributed by atoms with E-state index < -0.39 is 16.4 Å². The molecule has 0 saturated heterocycles. The molecule has 0 aliphatic carbocycles. The van der Waals surface area contributed by atoms with Crippen molar-refractivity contribution in [3.05, 3.63) is 0 Å². The van der Waals surface area contributed by atoms with Crippen molar-refractivity contribution in [3.8, 4) is 0 Å². The van der Waals surface area contributed by atoms with E-state index in [4.69, 9.17) is 23.2 Å². The van der Waals surface area contributed by atoms with Crippen molar-refractivity contribution in [1.82, 2.24) is 0 Å². The van der Waals surface area contributed by atoms with Crippen LogP contribution in [0.5, 0.6) is 0 Å². The third-order valence-corrected chi connectivity index (χ3v) is 2.82. The highest BCUT2D eigenvalue weighted by Gasteiger charge is 2.34. The molecule has 0 aromatic rings. The van der Waals surface area contributed by atoms with Crippen LogP contribution >= 0.6 is 23.2 Å². The van der Waals surface area contributed by atoms with Crippen LogP contribution in [0.3, 0.4) is 0 Å². The summed E-state index contributed by atoms with van der Waals surface area (Å²) in [5.41, 5.74) is 0. The van der Waals surface area contributed by atoms with Gasteiger partial charge in [-0.05, 0) is 6.42 Å². The number of hydrogen-bond acceptors (Lipinski definition) is 3. The number of carbonyl (C=O) groups is 1. The molecule has 0 radical (unpaired) electrons. The number of aliphatic hydroxyl groups is 1. The fourth-order valence-corrected chi connectivity index (χ4v) is 1.39. The van der Waals surface area contributed by atoms with Gasteiger partial charge in [-0.25, -0.2) is 0 Å². The Morgan fingerprint density at radius 3 is 2.57 bits per heavy atom. The lowest BCUT2D eigenvalue weighted by molar-refractivity contribution is -0.143. The lowest BCUT2D eigenvalue weighted by Gasteiger charge is -2.24. The van der Waals surface area contributed by atoms with Crippen molar-refractivity contribution in [1.29, 1.82) is 0 Å². The Morgan fingerprint density at radius 1 is 1.57 bits per heavy atom. The predicted molar refractivity (Wildman–Crippen MR) is 56.6 cm³/mol. The fraction of sp³-hybridized carbons (Fsp3) is 0.889. The number of ether oxygens (including phenoxy) is 1. The molecule has 0 bridgehead atoms. The van der Waals surface area contributed by atoms with Crippen molar-refractivity contribution in [2.75, 3.05) is 7.11 Å². The maximum atomic E-state index is 10.8. The second-order valence-corrected chi connectivity index (χ2v) is 4.70. The summed E-state index contributed by atoms with van der Waals surface area (Å²) >= 11 is 11.7. The highest BCUT2D eigenvalue weighted by atomic mass is 35.5. The zero-order valence-electron chi connectivity index (χ0n) is 8.43. The van der Waals surface area contributed by atoms with E-state index in [1.807, 2.05) is 6.92 Å². The summed E-state index contributed by atoms with van der Waals surface area (Å²) in [6, 6.07) is 0. The van der Waals surface area contributed by atoms with Crippen molar-refractivity contribution in [2.45, 2.75) is 43.0 Å². The van der Waals surface area contributed by atoms with Gasteiger partial charge in [-0.3, -0.25) is 4.79 Å². The molecule has 0 spiro atoms. The summed E-state index contributed by atoms with van der Waals surface area (Å²) in [6.45, 7) is 2.00. The van der Waals surface area contributed by atoms with E-state index in [-0.39, 0.29) is 6.42 Å². The number of esters is 1. The first kappa shape index (κ1) is 14.0. The van der Waals surface area contributed by atoms with Gasteiger partial charge in [-0.1, -0.05) is 43.0 Å². The molecule has 0 heterocycles. The molecule has 0 fully saturated rings. The number of rotatable bonds is 6. The summed E-state index contributed by atoms with van der Waals surface area (Å²) in [7, 11) is 1.26.